The summed E-state index contributed by atoms with van der Waals surface area (Å²) in [6.07, 6.45) is 3.83. The van der Waals surface area contributed by atoms with Gasteiger partial charge in [0.15, 0.2) is 5.72 Å². The van der Waals surface area contributed by atoms with Crippen LogP contribution in [0.3, 0.4) is 0 Å². The number of hydrogen-bond donors (Lipinski definition) is 2. The number of nitrogens with zero attached hydrogens (tertiary/aromatic N) is 1. The summed E-state index contributed by atoms with van der Waals surface area (Å²) in [7, 11) is 0. The topological polar surface area (TPSA) is 80.6 Å². The normalized spacial score (nSPS) is 19.2. The SMILES string of the molecule is O=C(O)Nc1ccc2c(c1)cc1n2C2(CCCCC2)OC1=O. The maximum absolute atomic E-state index is 12.2. The Kier molecular flexibility index (Phi) is 2.69. The van der Waals surface area contributed by atoms with Gasteiger partial charge in [-0.05, 0) is 37.1 Å². The molecule has 1 aliphatic heterocycles. The number of hydrogen-bond acceptors (Lipinski definition) is 3. The number of nitrogens with one attached hydrogen (secondary N) is 1. The van der Waals surface area contributed by atoms with Crippen molar-refractivity contribution in [3.05, 3.63) is 30.0 Å². The molecule has 1 saturated carbocycles. The van der Waals surface area contributed by atoms with Crippen molar-refractivity contribution in [2.45, 2.75) is 37.8 Å². The maximum atomic E-state index is 12.2. The Bertz CT molecular complexity index is 787. The minimum absolute atomic E-state index is 0.286. The predicted octanol–water partition coefficient (Wildman–Crippen LogP) is 3.52. The van der Waals surface area contributed by atoms with Crippen molar-refractivity contribution in [3.63, 3.8) is 0 Å². The maximum Gasteiger partial charge on any atom is 0.409 e. The molecule has 2 heterocycles. The molecule has 0 atom stereocenters. The lowest BCUT2D eigenvalue weighted by molar-refractivity contribution is -0.0654. The molecular weight excluding hydrogens is 284 g/mol. The van der Waals surface area contributed by atoms with E-state index in [0.717, 1.165) is 36.6 Å². The van der Waals surface area contributed by atoms with Gasteiger partial charge in [-0.25, -0.2) is 9.59 Å². The molecule has 1 fully saturated rings. The number of rotatable bonds is 1. The molecule has 6 heteroatoms. The van der Waals surface area contributed by atoms with Crippen LogP contribution < -0.4 is 5.32 Å². The summed E-state index contributed by atoms with van der Waals surface area (Å²) in [6.45, 7) is 0. The van der Waals surface area contributed by atoms with Gasteiger partial charge in [-0.15, -0.1) is 0 Å². The zero-order valence-corrected chi connectivity index (χ0v) is 12.0. The van der Waals surface area contributed by atoms with Crippen LogP contribution in [0.2, 0.25) is 0 Å². The van der Waals surface area contributed by atoms with Crippen LogP contribution in [-0.2, 0) is 10.5 Å². The fourth-order valence-corrected chi connectivity index (χ4v) is 3.71. The molecule has 2 aliphatic rings. The van der Waals surface area contributed by atoms with Crippen molar-refractivity contribution >= 4 is 28.7 Å². The monoisotopic (exact) mass is 300 g/mol. The van der Waals surface area contributed by atoms with E-state index in [9.17, 15) is 9.59 Å². The standard InChI is InChI=1S/C16H16N2O4/c19-14-13-9-10-8-11(17-15(20)21)4-5-12(10)18(13)16(22-14)6-2-1-3-7-16/h4-5,8-9,17H,1-3,6-7H2,(H,20,21). The number of carbonyl (C=O) groups excluding carboxylic acids is 1. The van der Waals surface area contributed by atoms with Crippen LogP contribution in [0.15, 0.2) is 24.3 Å². The number of ether oxygens (including phenoxy) is 1. The molecule has 4 rings (SSSR count). The molecule has 1 aromatic carbocycles. The van der Waals surface area contributed by atoms with Crippen molar-refractivity contribution in [2.75, 3.05) is 5.32 Å². The van der Waals surface area contributed by atoms with Crippen molar-refractivity contribution in [1.29, 1.82) is 0 Å². The van der Waals surface area contributed by atoms with Gasteiger partial charge in [0.2, 0.25) is 0 Å². The Morgan fingerprint density at radius 2 is 2.00 bits per heavy atom. The Morgan fingerprint density at radius 1 is 1.23 bits per heavy atom. The highest BCUT2D eigenvalue weighted by molar-refractivity contribution is 5.99. The molecule has 1 spiro atoms. The van der Waals surface area contributed by atoms with Gasteiger partial charge in [0, 0.05) is 23.9 Å². The van der Waals surface area contributed by atoms with Gasteiger partial charge in [-0.1, -0.05) is 6.42 Å². The number of esters is 1. The second kappa shape index (κ2) is 4.50. The number of carboxylic acid groups (broad SMARTS) is 1. The van der Waals surface area contributed by atoms with Gasteiger partial charge >= 0.3 is 12.1 Å². The molecule has 0 radical (unpaired) electrons. The van der Waals surface area contributed by atoms with E-state index in [2.05, 4.69) is 5.32 Å². The fraction of sp³-hybridized carbons (Fsp3) is 0.375. The Morgan fingerprint density at radius 3 is 2.73 bits per heavy atom. The summed E-state index contributed by atoms with van der Waals surface area (Å²) in [5.74, 6) is -0.286. The molecule has 1 aliphatic carbocycles. The van der Waals surface area contributed by atoms with E-state index in [1.54, 1.807) is 18.2 Å². The highest BCUT2D eigenvalue weighted by Gasteiger charge is 2.46. The first-order chi connectivity index (χ1) is 10.6. The second-order valence-corrected chi connectivity index (χ2v) is 5.97. The first-order valence-corrected chi connectivity index (χ1v) is 7.48. The Balaban J connectivity index is 1.86. The van der Waals surface area contributed by atoms with Crippen LogP contribution in [0.4, 0.5) is 10.5 Å². The molecule has 22 heavy (non-hydrogen) atoms. The third kappa shape index (κ3) is 1.80. The first-order valence-electron chi connectivity index (χ1n) is 7.48. The second-order valence-electron chi connectivity index (χ2n) is 5.97. The van der Waals surface area contributed by atoms with Crippen LogP contribution in [0.1, 0.15) is 42.6 Å². The van der Waals surface area contributed by atoms with Crippen molar-refractivity contribution in [1.82, 2.24) is 4.57 Å². The van der Waals surface area contributed by atoms with E-state index < -0.39 is 11.8 Å². The minimum atomic E-state index is -1.10. The van der Waals surface area contributed by atoms with Crippen molar-refractivity contribution < 1.29 is 19.4 Å². The van der Waals surface area contributed by atoms with E-state index in [1.165, 1.54) is 6.42 Å². The number of anilines is 1. The van der Waals surface area contributed by atoms with Crippen LogP contribution in [0.5, 0.6) is 0 Å². The number of fused-ring (bicyclic) bond motifs is 4. The molecular formula is C16H16N2O4. The summed E-state index contributed by atoms with van der Waals surface area (Å²) in [5.41, 5.74) is 1.42. The highest BCUT2D eigenvalue weighted by atomic mass is 16.6. The van der Waals surface area contributed by atoms with Crippen LogP contribution in [0, 0.1) is 0 Å². The lowest BCUT2D eigenvalue weighted by Gasteiger charge is -2.34. The quantitative estimate of drug-likeness (QED) is 0.790. The van der Waals surface area contributed by atoms with E-state index in [0.29, 0.717) is 11.4 Å². The highest BCUT2D eigenvalue weighted by Crippen LogP contribution is 2.44. The van der Waals surface area contributed by atoms with Crippen molar-refractivity contribution in [2.24, 2.45) is 0 Å². The minimum Gasteiger partial charge on any atom is -0.465 e. The molecule has 1 aromatic heterocycles. The number of amides is 1. The van der Waals surface area contributed by atoms with E-state index in [1.807, 2.05) is 10.6 Å². The summed E-state index contributed by atoms with van der Waals surface area (Å²) in [4.78, 5) is 23.0. The van der Waals surface area contributed by atoms with E-state index in [4.69, 9.17) is 9.84 Å². The largest absolute Gasteiger partial charge is 0.465 e. The van der Waals surface area contributed by atoms with Crippen molar-refractivity contribution in [3.8, 4) is 0 Å². The molecule has 0 bridgehead atoms. The van der Waals surface area contributed by atoms with Crippen LogP contribution in [-0.4, -0.2) is 21.7 Å². The number of benzene rings is 1. The third-order valence-electron chi connectivity index (χ3n) is 4.59. The van der Waals surface area contributed by atoms with Gasteiger partial charge in [0.25, 0.3) is 0 Å². The predicted molar refractivity (Wildman–Crippen MR) is 80.1 cm³/mol. The van der Waals surface area contributed by atoms with Gasteiger partial charge in [-0.2, -0.15) is 0 Å². The van der Waals surface area contributed by atoms with E-state index >= 15 is 0 Å². The lowest BCUT2D eigenvalue weighted by Crippen LogP contribution is -2.34. The molecule has 114 valence electrons. The lowest BCUT2D eigenvalue weighted by atomic mass is 9.91. The Hall–Kier alpha value is -2.50. The summed E-state index contributed by atoms with van der Waals surface area (Å²) >= 11 is 0. The molecule has 0 saturated heterocycles. The average Bonchev–Trinajstić information content (AvgIpc) is 2.97. The summed E-state index contributed by atoms with van der Waals surface area (Å²) < 4.78 is 7.73. The Labute approximate surface area is 126 Å². The fourth-order valence-electron chi connectivity index (χ4n) is 3.71. The van der Waals surface area contributed by atoms with Gasteiger partial charge in [0.05, 0.1) is 5.52 Å². The van der Waals surface area contributed by atoms with Gasteiger partial charge < -0.3 is 9.84 Å². The van der Waals surface area contributed by atoms with E-state index in [-0.39, 0.29) is 5.97 Å². The number of aromatic nitrogens is 1. The number of carbonyl (C=O) groups is 2. The molecule has 0 unspecified atom stereocenters. The zero-order valence-electron chi connectivity index (χ0n) is 12.0. The third-order valence-corrected chi connectivity index (χ3v) is 4.59. The molecule has 2 N–H and O–H groups in total. The molecule has 6 nitrogen and oxygen atoms in total. The van der Waals surface area contributed by atoms with Crippen LogP contribution in [0.25, 0.3) is 10.9 Å². The van der Waals surface area contributed by atoms with Gasteiger partial charge in [0.1, 0.15) is 5.69 Å². The smallest absolute Gasteiger partial charge is 0.409 e. The van der Waals surface area contributed by atoms with Gasteiger partial charge in [-0.3, -0.25) is 9.88 Å². The first kappa shape index (κ1) is 13.2. The average molecular weight is 300 g/mol. The van der Waals surface area contributed by atoms with Crippen LogP contribution >= 0.6 is 0 Å². The zero-order chi connectivity index (χ0) is 15.3. The molecule has 1 amide bonds. The summed E-state index contributed by atoms with van der Waals surface area (Å²) in [6, 6.07) is 7.10. The molecule has 2 aromatic rings. The summed E-state index contributed by atoms with van der Waals surface area (Å²) in [5, 5.41) is 12.0.